The first-order valence-corrected chi connectivity index (χ1v) is 22.1. The van der Waals surface area contributed by atoms with Gasteiger partial charge in [0.25, 0.3) is 5.69 Å². The fraction of sp³-hybridized carbons (Fsp3) is 0.449. The van der Waals surface area contributed by atoms with Crippen molar-refractivity contribution in [2.45, 2.75) is 89.6 Å². The van der Waals surface area contributed by atoms with Crippen molar-refractivity contribution in [3.05, 3.63) is 130 Å². The summed E-state index contributed by atoms with van der Waals surface area (Å²) < 4.78 is 20.1. The Balaban J connectivity index is 1.56. The zero-order chi connectivity index (χ0) is 44.8. The molecular formula is C49H60N4O10. The molecule has 0 unspecified atom stereocenters. The van der Waals surface area contributed by atoms with E-state index in [4.69, 9.17) is 24.2 Å². The van der Waals surface area contributed by atoms with Crippen LogP contribution in [0.5, 0.6) is 11.5 Å². The van der Waals surface area contributed by atoms with Gasteiger partial charge in [0.1, 0.15) is 24.1 Å². The van der Waals surface area contributed by atoms with Crippen molar-refractivity contribution in [1.29, 1.82) is 0 Å². The summed E-state index contributed by atoms with van der Waals surface area (Å²) in [5.74, 6) is -1.80. The number of ether oxygens (including phenoxy) is 3. The third kappa shape index (κ3) is 11.0. The lowest BCUT2D eigenvalue weighted by Gasteiger charge is -2.60. The molecule has 1 saturated carbocycles. The molecule has 14 heteroatoms. The van der Waals surface area contributed by atoms with Gasteiger partial charge in [0.15, 0.2) is 0 Å². The van der Waals surface area contributed by atoms with Crippen LogP contribution in [0.25, 0.3) is 6.08 Å². The average Bonchev–Trinajstić information content (AvgIpc) is 3.28. The van der Waals surface area contributed by atoms with Crippen LogP contribution >= 0.6 is 0 Å². The minimum Gasteiger partial charge on any atom is -0.459 e. The number of amides is 2. The molecule has 1 aliphatic heterocycles. The van der Waals surface area contributed by atoms with Crippen molar-refractivity contribution in [3.63, 3.8) is 0 Å². The van der Waals surface area contributed by atoms with Crippen LogP contribution in [-0.4, -0.2) is 82.5 Å². The number of aliphatic hydroxyl groups excluding tert-OH is 2. The van der Waals surface area contributed by atoms with E-state index in [1.165, 1.54) is 18.2 Å². The van der Waals surface area contributed by atoms with E-state index in [0.717, 1.165) is 42.4 Å². The van der Waals surface area contributed by atoms with Gasteiger partial charge in [-0.15, -0.1) is 6.58 Å². The zero-order valence-corrected chi connectivity index (χ0v) is 36.2. The summed E-state index contributed by atoms with van der Waals surface area (Å²) in [6, 6.07) is 20.3. The predicted octanol–water partition coefficient (Wildman–Crippen LogP) is 8.49. The van der Waals surface area contributed by atoms with Crippen molar-refractivity contribution in [1.82, 2.24) is 10.2 Å². The fourth-order valence-electron chi connectivity index (χ4n) is 9.39. The second-order valence-corrected chi connectivity index (χ2v) is 16.2. The maximum absolute atomic E-state index is 14.7. The van der Waals surface area contributed by atoms with E-state index in [0.29, 0.717) is 55.1 Å². The molecule has 3 aromatic rings. The number of oxime groups is 1. The Bertz CT molecular complexity index is 2120. The van der Waals surface area contributed by atoms with Crippen LogP contribution in [0.1, 0.15) is 87.8 Å². The number of aliphatic hydroxyl groups is 2. The summed E-state index contributed by atoms with van der Waals surface area (Å²) in [7, 11) is 0. The number of carbonyl (C=O) groups excluding carboxylic acids is 2. The van der Waals surface area contributed by atoms with Crippen molar-refractivity contribution < 1.29 is 43.8 Å². The molecule has 336 valence electrons. The summed E-state index contributed by atoms with van der Waals surface area (Å²) in [6.07, 6.45) is 11.6. The number of nitro groups is 1. The Labute approximate surface area is 369 Å². The summed E-state index contributed by atoms with van der Waals surface area (Å²) in [5, 5.41) is 38.7. The van der Waals surface area contributed by atoms with E-state index >= 15 is 0 Å². The summed E-state index contributed by atoms with van der Waals surface area (Å²) in [4.78, 5) is 46.3. The molecule has 3 N–H and O–H groups in total. The first-order chi connectivity index (χ1) is 30.7. The number of fused-ring (bicyclic) bond motifs is 2. The number of carbonyl (C=O) groups is 2. The molecule has 0 saturated heterocycles. The van der Waals surface area contributed by atoms with E-state index in [1.807, 2.05) is 50.2 Å². The molecule has 2 amide bonds. The Morgan fingerprint density at radius 2 is 1.78 bits per heavy atom. The molecule has 0 bridgehead atoms. The smallest absolute Gasteiger partial charge is 0.412 e. The number of nitrogens with zero attached hydrogens (tertiary/aromatic N) is 3. The van der Waals surface area contributed by atoms with E-state index < -0.39 is 28.8 Å². The second kappa shape index (κ2) is 22.5. The van der Waals surface area contributed by atoms with Crippen LogP contribution in [0.3, 0.4) is 0 Å². The van der Waals surface area contributed by atoms with Crippen molar-refractivity contribution in [3.8, 4) is 11.5 Å². The molecule has 6 rings (SSSR count). The Morgan fingerprint density at radius 1 is 1.03 bits per heavy atom. The Hall–Kier alpha value is -5.83. The number of benzene rings is 3. The highest BCUT2D eigenvalue weighted by atomic mass is 16.7. The number of allylic oxidation sites excluding steroid dienone is 1. The van der Waals surface area contributed by atoms with Crippen LogP contribution in [0.4, 0.5) is 10.5 Å². The van der Waals surface area contributed by atoms with E-state index in [1.54, 1.807) is 41.3 Å². The molecule has 63 heavy (non-hydrogen) atoms. The standard InChI is InChI=1S/C49H60N4O10/c1-4-26-52(45(56)25-20-34-18-21-37(22-19-34)53(58)59)44-32-42(51-61-33-35-14-8-7-9-15-35)40-30-36(16-10-12-27-54)39(17-11-13-28-55)46-41-31-38(62-48(57)50-6-3)23-24-43(41)63-49(44,47(40)46)60-29-5-2/h5,7-9,14-15,18-25,30-31,36,39,44,46-47,54-55H,2,4,6,10-13,16-17,26-29,32-33H2,1,3H3,(H,50,57)/t36-,39+,44-,46+,47+,49+/m0/s1. The van der Waals surface area contributed by atoms with Gasteiger partial charge in [-0.3, -0.25) is 14.9 Å². The number of nitrogens with one attached hydrogen (secondary N) is 1. The molecular weight excluding hydrogens is 805 g/mol. The van der Waals surface area contributed by atoms with Gasteiger partial charge in [0.2, 0.25) is 11.7 Å². The van der Waals surface area contributed by atoms with Gasteiger partial charge in [-0.2, -0.15) is 0 Å². The van der Waals surface area contributed by atoms with Gasteiger partial charge in [0, 0.05) is 62.4 Å². The molecule has 14 nitrogen and oxygen atoms in total. The number of hydrogen-bond acceptors (Lipinski definition) is 11. The highest BCUT2D eigenvalue weighted by Crippen LogP contribution is 2.62. The predicted molar refractivity (Wildman–Crippen MR) is 240 cm³/mol. The van der Waals surface area contributed by atoms with E-state index in [9.17, 15) is 29.9 Å². The monoisotopic (exact) mass is 864 g/mol. The third-order valence-electron chi connectivity index (χ3n) is 12.1. The fourth-order valence-corrected chi connectivity index (χ4v) is 9.39. The molecule has 0 spiro atoms. The minimum atomic E-state index is -1.48. The highest BCUT2D eigenvalue weighted by molar-refractivity contribution is 6.03. The molecule has 1 fully saturated rings. The molecule has 1 heterocycles. The van der Waals surface area contributed by atoms with Crippen LogP contribution in [0.2, 0.25) is 0 Å². The quantitative estimate of drug-likeness (QED) is 0.0291. The second-order valence-electron chi connectivity index (χ2n) is 16.2. The molecule has 3 aliphatic rings. The number of rotatable bonds is 22. The largest absolute Gasteiger partial charge is 0.459 e. The zero-order valence-electron chi connectivity index (χ0n) is 36.2. The van der Waals surface area contributed by atoms with Gasteiger partial charge >= 0.3 is 6.09 Å². The van der Waals surface area contributed by atoms with Gasteiger partial charge in [0.05, 0.1) is 23.2 Å². The Kier molecular flexibility index (Phi) is 16.7. The van der Waals surface area contributed by atoms with Gasteiger partial charge in [-0.1, -0.05) is 67.4 Å². The third-order valence-corrected chi connectivity index (χ3v) is 12.1. The van der Waals surface area contributed by atoms with Gasteiger partial charge in [-0.25, -0.2) is 4.79 Å². The normalized spacial score (nSPS) is 22.9. The lowest BCUT2D eigenvalue weighted by molar-refractivity contribution is -0.384. The van der Waals surface area contributed by atoms with Crippen LogP contribution < -0.4 is 14.8 Å². The number of unbranched alkanes of at least 4 members (excludes halogenated alkanes) is 2. The Morgan fingerprint density at radius 3 is 2.46 bits per heavy atom. The summed E-state index contributed by atoms with van der Waals surface area (Å²) in [5.41, 5.74) is 3.86. The number of non-ortho nitro benzene ring substituents is 1. The highest BCUT2D eigenvalue weighted by Gasteiger charge is 2.65. The molecule has 0 aromatic heterocycles. The van der Waals surface area contributed by atoms with Crippen molar-refractivity contribution >= 4 is 29.5 Å². The van der Waals surface area contributed by atoms with E-state index in [-0.39, 0.29) is 62.2 Å². The average molecular weight is 865 g/mol. The topological polar surface area (TPSA) is 182 Å². The van der Waals surface area contributed by atoms with E-state index in [2.05, 4.69) is 18.0 Å². The van der Waals surface area contributed by atoms with Gasteiger partial charge in [-0.05, 0) is 104 Å². The number of hydrogen-bond donors (Lipinski definition) is 3. The minimum absolute atomic E-state index is 0.0105. The van der Waals surface area contributed by atoms with Gasteiger partial charge < -0.3 is 39.5 Å². The lowest BCUT2D eigenvalue weighted by atomic mass is 9.55. The van der Waals surface area contributed by atoms with Crippen LogP contribution in [0, 0.1) is 27.9 Å². The van der Waals surface area contributed by atoms with Crippen molar-refractivity contribution in [2.75, 3.05) is 32.9 Å². The molecule has 3 aromatic carbocycles. The maximum atomic E-state index is 14.7. The summed E-state index contributed by atoms with van der Waals surface area (Å²) in [6.45, 7) is 8.97. The SMILES string of the molecule is C=CCO[C@@]12Oc3ccc(OC(=O)NCC)cc3[C@H]3[C@H](CCCCO)[C@@H](CCCCO)C=C(C(=NOCc4ccccc4)C[C@@H]1N(CCC)C(=O)C=Cc1ccc([N+](=O)[O-])cc1)[C@H]32. The maximum Gasteiger partial charge on any atom is 0.412 e. The van der Waals surface area contributed by atoms with Crippen LogP contribution in [-0.2, 0) is 21.0 Å². The first kappa shape index (κ1) is 46.7. The molecule has 6 atom stereocenters. The number of nitro benzene ring substituents is 1. The summed E-state index contributed by atoms with van der Waals surface area (Å²) >= 11 is 0. The van der Waals surface area contributed by atoms with Crippen molar-refractivity contribution in [2.24, 2.45) is 22.9 Å². The molecule has 0 radical (unpaired) electrons. The first-order valence-electron chi connectivity index (χ1n) is 22.1. The van der Waals surface area contributed by atoms with Crippen LogP contribution in [0.15, 0.2) is 108 Å². The molecule has 2 aliphatic carbocycles. The lowest BCUT2D eigenvalue weighted by Crippen LogP contribution is -2.70.